The molecule has 0 fully saturated rings. The van der Waals surface area contributed by atoms with Crippen LogP contribution >= 0.6 is 0 Å². The monoisotopic (exact) mass is 299 g/mol. The quantitative estimate of drug-likeness (QED) is 0.927. The Balaban J connectivity index is 2.10. The third-order valence-electron chi connectivity index (χ3n) is 3.34. The maximum absolute atomic E-state index is 12.6. The average molecular weight is 299 g/mol. The smallest absolute Gasteiger partial charge is 0.272 e. The molecule has 21 heavy (non-hydrogen) atoms. The van der Waals surface area contributed by atoms with Crippen LogP contribution in [-0.2, 0) is 15.8 Å². The summed E-state index contributed by atoms with van der Waals surface area (Å²) in [5, 5.41) is 9.90. The molecule has 106 valence electrons. The van der Waals surface area contributed by atoms with Gasteiger partial charge in [-0.15, -0.1) is 0 Å². The number of carbonyl (C=O) groups is 1. The van der Waals surface area contributed by atoms with E-state index < -0.39 is 11.0 Å². The predicted molar refractivity (Wildman–Crippen MR) is 82.8 cm³/mol. The molecule has 0 radical (unpaired) electrons. The Bertz CT molecular complexity index is 768. The van der Waals surface area contributed by atoms with Crippen LogP contribution in [0.3, 0.4) is 0 Å². The average Bonchev–Trinajstić information content (AvgIpc) is 2.71. The number of hydrogen-bond donors (Lipinski definition) is 1. The highest BCUT2D eigenvalue weighted by Crippen LogP contribution is 2.38. The molecule has 1 N–H and O–H groups in total. The summed E-state index contributed by atoms with van der Waals surface area (Å²) in [5.41, 5.74) is 1.41. The lowest BCUT2D eigenvalue weighted by Crippen LogP contribution is -2.27. The fourth-order valence-electron chi connectivity index (χ4n) is 2.32. The molecule has 0 aliphatic carbocycles. The number of anilines is 1. The first-order valence-corrected chi connectivity index (χ1v) is 7.52. The van der Waals surface area contributed by atoms with Crippen LogP contribution in [0.4, 0.5) is 5.69 Å². The maximum Gasteiger partial charge on any atom is 0.272 e. The van der Waals surface area contributed by atoms with Crippen LogP contribution in [0, 0.1) is 0 Å². The fraction of sp³-hybridized carbons (Fsp3) is 0.0625. The van der Waals surface area contributed by atoms with Gasteiger partial charge in [0.1, 0.15) is 11.4 Å². The van der Waals surface area contributed by atoms with Crippen molar-refractivity contribution in [3.63, 3.8) is 0 Å². The zero-order valence-electron chi connectivity index (χ0n) is 11.3. The van der Waals surface area contributed by atoms with E-state index >= 15 is 0 Å². The van der Waals surface area contributed by atoms with Gasteiger partial charge in [0.25, 0.3) is 5.91 Å². The minimum atomic E-state index is -1.62. The van der Waals surface area contributed by atoms with Crippen molar-refractivity contribution in [3.8, 4) is 5.75 Å². The zero-order chi connectivity index (χ0) is 15.0. The van der Waals surface area contributed by atoms with Gasteiger partial charge in [-0.1, -0.05) is 42.5 Å². The van der Waals surface area contributed by atoms with Gasteiger partial charge in [0.15, 0.2) is 11.0 Å². The van der Waals surface area contributed by atoms with E-state index in [9.17, 15) is 14.1 Å². The van der Waals surface area contributed by atoms with Crippen LogP contribution in [0.2, 0.25) is 0 Å². The van der Waals surface area contributed by atoms with Gasteiger partial charge in [0.05, 0.1) is 5.57 Å². The van der Waals surface area contributed by atoms with Crippen molar-refractivity contribution in [3.05, 3.63) is 65.1 Å². The van der Waals surface area contributed by atoms with Crippen LogP contribution in [0.1, 0.15) is 12.5 Å². The van der Waals surface area contributed by atoms with Crippen LogP contribution in [0.5, 0.6) is 5.75 Å². The highest BCUT2D eigenvalue weighted by Gasteiger charge is 2.37. The van der Waals surface area contributed by atoms with Crippen molar-refractivity contribution in [2.45, 2.75) is 6.92 Å². The molecule has 0 bridgehead atoms. The number of allylic oxidation sites excluding steroid dienone is 1. The Morgan fingerprint density at radius 3 is 2.29 bits per heavy atom. The van der Waals surface area contributed by atoms with Crippen LogP contribution < -0.4 is 4.31 Å². The summed E-state index contributed by atoms with van der Waals surface area (Å²) in [5.74, 6) is -0.431. The van der Waals surface area contributed by atoms with Gasteiger partial charge in [-0.25, -0.2) is 8.51 Å². The molecule has 1 heterocycles. The molecule has 4 nitrogen and oxygen atoms in total. The Kier molecular flexibility index (Phi) is 3.35. The first kappa shape index (κ1) is 13.6. The molecule has 0 spiro atoms. The minimum absolute atomic E-state index is 0.0682. The highest BCUT2D eigenvalue weighted by atomic mass is 32.2. The molecule has 2 aromatic carbocycles. The lowest BCUT2D eigenvalue weighted by Gasteiger charge is -2.16. The number of para-hydroxylation sites is 2. The van der Waals surface area contributed by atoms with Gasteiger partial charge in [0, 0.05) is 4.91 Å². The predicted octanol–water partition coefficient (Wildman–Crippen LogP) is 2.83. The van der Waals surface area contributed by atoms with Gasteiger partial charge in [-0.3, -0.25) is 4.79 Å². The Labute approximate surface area is 124 Å². The topological polar surface area (TPSA) is 57.6 Å². The number of amides is 1. The normalized spacial score (nSPS) is 18.4. The first-order valence-electron chi connectivity index (χ1n) is 6.42. The van der Waals surface area contributed by atoms with Crippen molar-refractivity contribution in [1.29, 1.82) is 0 Å². The summed E-state index contributed by atoms with van der Waals surface area (Å²) in [6.45, 7) is 1.68. The molecule has 3 rings (SSSR count). The van der Waals surface area contributed by atoms with Crippen LogP contribution in [-0.4, -0.2) is 15.2 Å². The molecule has 0 saturated carbocycles. The van der Waals surface area contributed by atoms with E-state index in [2.05, 4.69) is 0 Å². The minimum Gasteiger partial charge on any atom is -0.506 e. The number of phenolic OH excluding ortho intramolecular Hbond substituents is 1. The van der Waals surface area contributed by atoms with Crippen molar-refractivity contribution in [2.24, 2.45) is 0 Å². The van der Waals surface area contributed by atoms with Crippen LogP contribution in [0.15, 0.2) is 59.5 Å². The molecular weight excluding hydrogens is 286 g/mol. The second-order valence-electron chi connectivity index (χ2n) is 4.63. The van der Waals surface area contributed by atoms with Gasteiger partial charge in [-0.2, -0.15) is 0 Å². The summed E-state index contributed by atoms with van der Waals surface area (Å²) in [6.07, 6.45) is 0. The molecule has 2 aromatic rings. The fourth-order valence-corrected chi connectivity index (χ4v) is 3.55. The summed E-state index contributed by atoms with van der Waals surface area (Å²) in [4.78, 5) is 13.1. The maximum atomic E-state index is 12.6. The SMILES string of the molecule is CC1=C(c2ccccc2)C(=O)N(c2ccccc2O)S1=O. The number of benzene rings is 2. The number of hydrogen-bond acceptors (Lipinski definition) is 3. The van der Waals surface area contributed by atoms with Crippen molar-refractivity contribution in [1.82, 2.24) is 0 Å². The largest absolute Gasteiger partial charge is 0.506 e. The van der Waals surface area contributed by atoms with Gasteiger partial charge in [-0.05, 0) is 24.6 Å². The number of nitrogens with zero attached hydrogens (tertiary/aromatic N) is 1. The summed E-state index contributed by atoms with van der Waals surface area (Å²) >= 11 is 0. The Morgan fingerprint density at radius 2 is 1.62 bits per heavy atom. The number of aromatic hydroxyl groups is 1. The second kappa shape index (κ2) is 5.18. The molecule has 0 saturated heterocycles. The molecule has 1 atom stereocenters. The van der Waals surface area contributed by atoms with E-state index in [0.29, 0.717) is 10.5 Å². The van der Waals surface area contributed by atoms with E-state index in [1.54, 1.807) is 25.1 Å². The number of carbonyl (C=O) groups excluding carboxylic acids is 1. The zero-order valence-corrected chi connectivity index (χ0v) is 12.1. The molecular formula is C16H13NO3S. The Hall–Kier alpha value is -2.40. The molecule has 1 aliphatic rings. The van der Waals surface area contributed by atoms with Gasteiger partial charge in [0.2, 0.25) is 0 Å². The summed E-state index contributed by atoms with van der Waals surface area (Å²) in [7, 11) is -1.62. The lowest BCUT2D eigenvalue weighted by atomic mass is 10.1. The standard InChI is InChI=1S/C16H13NO3S/c1-11-15(12-7-3-2-4-8-12)16(19)17(21(11)20)13-9-5-6-10-14(13)18/h2-10,18H,1H3. The highest BCUT2D eigenvalue weighted by molar-refractivity contribution is 7.92. The third-order valence-corrected chi connectivity index (χ3v) is 4.76. The van der Waals surface area contributed by atoms with Gasteiger partial charge < -0.3 is 5.11 Å². The Morgan fingerprint density at radius 1 is 1.00 bits per heavy atom. The van der Waals surface area contributed by atoms with Crippen LogP contribution in [0.25, 0.3) is 5.57 Å². The molecule has 5 heteroatoms. The molecule has 1 amide bonds. The summed E-state index contributed by atoms with van der Waals surface area (Å²) < 4.78 is 13.6. The van der Waals surface area contributed by atoms with E-state index in [-0.39, 0.29) is 17.3 Å². The molecule has 1 aliphatic heterocycles. The van der Waals surface area contributed by atoms with E-state index in [1.807, 2.05) is 30.3 Å². The van der Waals surface area contributed by atoms with Gasteiger partial charge >= 0.3 is 0 Å². The van der Waals surface area contributed by atoms with Crippen molar-refractivity contribution >= 4 is 28.2 Å². The van der Waals surface area contributed by atoms with E-state index in [0.717, 1.165) is 9.87 Å². The molecule has 1 unspecified atom stereocenters. The van der Waals surface area contributed by atoms with E-state index in [4.69, 9.17) is 0 Å². The number of rotatable bonds is 2. The first-order chi connectivity index (χ1) is 10.1. The summed E-state index contributed by atoms with van der Waals surface area (Å²) in [6, 6.07) is 15.5. The van der Waals surface area contributed by atoms with Crippen molar-refractivity contribution < 1.29 is 14.1 Å². The molecule has 0 aromatic heterocycles. The van der Waals surface area contributed by atoms with Crippen molar-refractivity contribution in [2.75, 3.05) is 4.31 Å². The lowest BCUT2D eigenvalue weighted by molar-refractivity contribution is -0.112. The van der Waals surface area contributed by atoms with E-state index in [1.165, 1.54) is 6.07 Å². The second-order valence-corrected chi connectivity index (χ2v) is 6.11. The third kappa shape index (κ3) is 2.15. The number of phenols is 1.